The molecule has 17 heavy (non-hydrogen) atoms. The third kappa shape index (κ3) is 5.38. The number of unbranched alkanes of at least 4 members (excludes halogenated alkanes) is 4. The summed E-state index contributed by atoms with van der Waals surface area (Å²) in [5.74, 6) is 1.08. The number of ether oxygens (including phenoxy) is 2. The first kappa shape index (κ1) is 13.5. The molecule has 0 amide bonds. The SMILES string of the molecule is CCCCCCCOc1cc(OC)nc(N)n1. The fourth-order valence-electron chi connectivity index (χ4n) is 1.48. The summed E-state index contributed by atoms with van der Waals surface area (Å²) in [5, 5.41) is 0. The van der Waals surface area contributed by atoms with Gasteiger partial charge in [-0.15, -0.1) is 0 Å². The summed E-state index contributed by atoms with van der Waals surface area (Å²) in [7, 11) is 1.54. The Labute approximate surface area is 102 Å². The molecule has 5 heteroatoms. The van der Waals surface area contributed by atoms with Crippen molar-refractivity contribution in [2.45, 2.75) is 39.0 Å². The molecule has 0 radical (unpaired) electrons. The minimum absolute atomic E-state index is 0.172. The van der Waals surface area contributed by atoms with Crippen LogP contribution >= 0.6 is 0 Å². The molecule has 1 aromatic heterocycles. The Morgan fingerprint density at radius 1 is 1.12 bits per heavy atom. The van der Waals surface area contributed by atoms with Crippen molar-refractivity contribution in [2.75, 3.05) is 19.5 Å². The lowest BCUT2D eigenvalue weighted by atomic mass is 10.2. The molecule has 0 aliphatic rings. The molecule has 0 fully saturated rings. The average molecular weight is 239 g/mol. The third-order valence-corrected chi connectivity index (χ3v) is 2.40. The van der Waals surface area contributed by atoms with E-state index in [4.69, 9.17) is 15.2 Å². The van der Waals surface area contributed by atoms with Gasteiger partial charge in [0.05, 0.1) is 19.8 Å². The summed E-state index contributed by atoms with van der Waals surface area (Å²) in [6.07, 6.45) is 6.02. The van der Waals surface area contributed by atoms with Crippen LogP contribution in [0.1, 0.15) is 39.0 Å². The molecule has 1 aromatic rings. The maximum atomic E-state index is 5.52. The quantitative estimate of drug-likeness (QED) is 0.705. The molecule has 0 atom stereocenters. The Hall–Kier alpha value is -1.52. The molecule has 1 heterocycles. The van der Waals surface area contributed by atoms with Crippen LogP contribution in [0.2, 0.25) is 0 Å². The molecule has 0 saturated carbocycles. The fraction of sp³-hybridized carbons (Fsp3) is 0.667. The summed E-state index contributed by atoms with van der Waals surface area (Å²) in [6, 6.07) is 1.64. The molecule has 2 N–H and O–H groups in total. The lowest BCUT2D eigenvalue weighted by molar-refractivity contribution is 0.290. The predicted octanol–water partition coefficient (Wildman–Crippen LogP) is 2.42. The summed E-state index contributed by atoms with van der Waals surface area (Å²) in [5.41, 5.74) is 5.52. The van der Waals surface area contributed by atoms with Crippen molar-refractivity contribution in [1.29, 1.82) is 0 Å². The summed E-state index contributed by atoms with van der Waals surface area (Å²) < 4.78 is 10.5. The zero-order valence-electron chi connectivity index (χ0n) is 10.6. The van der Waals surface area contributed by atoms with Crippen molar-refractivity contribution in [3.63, 3.8) is 0 Å². The van der Waals surface area contributed by atoms with E-state index in [0.29, 0.717) is 18.4 Å². The first-order valence-corrected chi connectivity index (χ1v) is 6.07. The number of hydrogen-bond acceptors (Lipinski definition) is 5. The summed E-state index contributed by atoms with van der Waals surface area (Å²) in [4.78, 5) is 7.87. The maximum Gasteiger partial charge on any atom is 0.226 e. The zero-order chi connectivity index (χ0) is 12.5. The molecule has 0 aliphatic carbocycles. The van der Waals surface area contributed by atoms with Gasteiger partial charge in [-0.25, -0.2) is 0 Å². The summed E-state index contributed by atoms with van der Waals surface area (Å²) >= 11 is 0. The van der Waals surface area contributed by atoms with Gasteiger partial charge in [-0.2, -0.15) is 9.97 Å². The van der Waals surface area contributed by atoms with E-state index in [2.05, 4.69) is 16.9 Å². The predicted molar refractivity (Wildman–Crippen MR) is 67.3 cm³/mol. The van der Waals surface area contributed by atoms with Gasteiger partial charge < -0.3 is 15.2 Å². The highest BCUT2D eigenvalue weighted by Gasteiger charge is 2.02. The highest BCUT2D eigenvalue weighted by Crippen LogP contribution is 2.16. The molecule has 0 spiro atoms. The largest absolute Gasteiger partial charge is 0.481 e. The van der Waals surface area contributed by atoms with Crippen LogP contribution in [0.5, 0.6) is 11.8 Å². The standard InChI is InChI=1S/C12H21N3O2/c1-3-4-5-6-7-8-17-11-9-10(16-2)14-12(13)15-11/h9H,3-8H2,1-2H3,(H2,13,14,15). The second kappa shape index (κ2) is 7.70. The molecular formula is C12H21N3O2. The van der Waals surface area contributed by atoms with Crippen molar-refractivity contribution in [1.82, 2.24) is 9.97 Å². The van der Waals surface area contributed by atoms with Gasteiger partial charge in [-0.05, 0) is 6.42 Å². The van der Waals surface area contributed by atoms with E-state index in [1.807, 2.05) is 0 Å². The number of nitrogen functional groups attached to an aromatic ring is 1. The number of aromatic nitrogens is 2. The van der Waals surface area contributed by atoms with Crippen molar-refractivity contribution in [2.24, 2.45) is 0 Å². The van der Waals surface area contributed by atoms with Gasteiger partial charge in [0.15, 0.2) is 0 Å². The van der Waals surface area contributed by atoms with Crippen molar-refractivity contribution in [3.8, 4) is 11.8 Å². The van der Waals surface area contributed by atoms with E-state index >= 15 is 0 Å². The second-order valence-corrected chi connectivity index (χ2v) is 3.87. The Bertz CT molecular complexity index is 332. The Morgan fingerprint density at radius 3 is 2.53 bits per heavy atom. The molecule has 0 aromatic carbocycles. The topological polar surface area (TPSA) is 70.3 Å². The first-order chi connectivity index (χ1) is 8.26. The van der Waals surface area contributed by atoms with Crippen LogP contribution in [0.25, 0.3) is 0 Å². The first-order valence-electron chi connectivity index (χ1n) is 6.07. The number of nitrogens with two attached hydrogens (primary N) is 1. The number of nitrogens with zero attached hydrogens (tertiary/aromatic N) is 2. The third-order valence-electron chi connectivity index (χ3n) is 2.40. The molecule has 0 unspecified atom stereocenters. The number of rotatable bonds is 8. The van der Waals surface area contributed by atoms with Gasteiger partial charge in [0.1, 0.15) is 0 Å². The van der Waals surface area contributed by atoms with Gasteiger partial charge in [0.25, 0.3) is 0 Å². The molecule has 96 valence electrons. The molecule has 0 bridgehead atoms. The van der Waals surface area contributed by atoms with E-state index in [0.717, 1.165) is 6.42 Å². The van der Waals surface area contributed by atoms with E-state index < -0.39 is 0 Å². The molecular weight excluding hydrogens is 218 g/mol. The van der Waals surface area contributed by atoms with Crippen LogP contribution in [0.15, 0.2) is 6.07 Å². The van der Waals surface area contributed by atoms with Crippen LogP contribution in [0.3, 0.4) is 0 Å². The highest BCUT2D eigenvalue weighted by atomic mass is 16.5. The van der Waals surface area contributed by atoms with Crippen LogP contribution < -0.4 is 15.2 Å². The van der Waals surface area contributed by atoms with Crippen molar-refractivity contribution < 1.29 is 9.47 Å². The van der Waals surface area contributed by atoms with Gasteiger partial charge >= 0.3 is 0 Å². The normalized spacial score (nSPS) is 10.2. The lowest BCUT2D eigenvalue weighted by Gasteiger charge is -2.07. The van der Waals surface area contributed by atoms with Gasteiger partial charge in [0.2, 0.25) is 17.7 Å². The molecule has 0 saturated heterocycles. The van der Waals surface area contributed by atoms with E-state index in [9.17, 15) is 0 Å². The number of hydrogen-bond donors (Lipinski definition) is 1. The Morgan fingerprint density at radius 2 is 1.82 bits per heavy atom. The van der Waals surface area contributed by atoms with E-state index in [-0.39, 0.29) is 5.95 Å². The second-order valence-electron chi connectivity index (χ2n) is 3.87. The maximum absolute atomic E-state index is 5.52. The van der Waals surface area contributed by atoms with Crippen LogP contribution in [0.4, 0.5) is 5.95 Å². The van der Waals surface area contributed by atoms with Gasteiger partial charge in [-0.3, -0.25) is 0 Å². The van der Waals surface area contributed by atoms with Gasteiger partial charge in [-0.1, -0.05) is 32.6 Å². The van der Waals surface area contributed by atoms with Gasteiger partial charge in [0, 0.05) is 0 Å². The smallest absolute Gasteiger partial charge is 0.226 e. The summed E-state index contributed by atoms with van der Waals surface area (Å²) in [6.45, 7) is 2.86. The Balaban J connectivity index is 2.28. The monoisotopic (exact) mass is 239 g/mol. The van der Waals surface area contributed by atoms with Crippen LogP contribution in [-0.2, 0) is 0 Å². The number of anilines is 1. The van der Waals surface area contributed by atoms with Crippen LogP contribution in [0, 0.1) is 0 Å². The highest BCUT2D eigenvalue weighted by molar-refractivity contribution is 5.29. The number of methoxy groups -OCH3 is 1. The minimum Gasteiger partial charge on any atom is -0.481 e. The molecule has 1 rings (SSSR count). The zero-order valence-corrected chi connectivity index (χ0v) is 10.6. The average Bonchev–Trinajstić information content (AvgIpc) is 2.33. The van der Waals surface area contributed by atoms with Crippen LogP contribution in [-0.4, -0.2) is 23.7 Å². The van der Waals surface area contributed by atoms with Crippen molar-refractivity contribution in [3.05, 3.63) is 6.07 Å². The molecule has 0 aliphatic heterocycles. The lowest BCUT2D eigenvalue weighted by Crippen LogP contribution is -2.03. The van der Waals surface area contributed by atoms with E-state index in [1.54, 1.807) is 6.07 Å². The minimum atomic E-state index is 0.172. The van der Waals surface area contributed by atoms with E-state index in [1.165, 1.54) is 32.8 Å². The molecule has 5 nitrogen and oxygen atoms in total. The van der Waals surface area contributed by atoms with Crippen molar-refractivity contribution >= 4 is 5.95 Å². The fourth-order valence-corrected chi connectivity index (χ4v) is 1.48. The Kier molecular flexibility index (Phi) is 6.14.